The molecule has 0 saturated carbocycles. The van der Waals surface area contributed by atoms with Gasteiger partial charge in [0.25, 0.3) is 5.91 Å². The fraction of sp³-hybridized carbons (Fsp3) is 0.211. The minimum atomic E-state index is -0.371. The van der Waals surface area contributed by atoms with Crippen molar-refractivity contribution in [2.24, 2.45) is 4.99 Å². The SMILES string of the molecule is CC(=O)c1ccc(N=C2SCCCN2C(=O)c2ccc(F)cc2)cc1. The molecule has 6 heteroatoms. The fourth-order valence-electron chi connectivity index (χ4n) is 2.47. The lowest BCUT2D eigenvalue weighted by molar-refractivity contribution is 0.0849. The zero-order valence-corrected chi connectivity index (χ0v) is 14.6. The number of aliphatic imine (C=N–C) groups is 1. The molecule has 0 atom stereocenters. The summed E-state index contributed by atoms with van der Waals surface area (Å²) in [4.78, 5) is 30.3. The maximum atomic E-state index is 13.1. The van der Waals surface area contributed by atoms with Crippen molar-refractivity contribution in [3.8, 4) is 0 Å². The maximum absolute atomic E-state index is 13.1. The first-order valence-corrected chi connectivity index (χ1v) is 8.93. The van der Waals surface area contributed by atoms with E-state index in [1.165, 1.54) is 43.0 Å². The summed E-state index contributed by atoms with van der Waals surface area (Å²) in [6.45, 7) is 2.09. The summed E-state index contributed by atoms with van der Waals surface area (Å²) in [7, 11) is 0. The number of Topliss-reactive ketones (excluding diaryl/α,β-unsaturated/α-hetero) is 1. The third-order valence-corrected chi connectivity index (χ3v) is 4.89. The predicted molar refractivity (Wildman–Crippen MR) is 98.1 cm³/mol. The number of carbonyl (C=O) groups excluding carboxylic acids is 2. The summed E-state index contributed by atoms with van der Waals surface area (Å²) in [6, 6.07) is 12.5. The molecule has 0 unspecified atom stereocenters. The van der Waals surface area contributed by atoms with E-state index >= 15 is 0 Å². The maximum Gasteiger partial charge on any atom is 0.259 e. The molecule has 0 spiro atoms. The predicted octanol–water partition coefficient (Wildman–Crippen LogP) is 4.30. The Balaban J connectivity index is 1.86. The van der Waals surface area contributed by atoms with Crippen molar-refractivity contribution in [2.75, 3.05) is 12.3 Å². The second-order valence-electron chi connectivity index (χ2n) is 5.66. The molecule has 0 aromatic heterocycles. The van der Waals surface area contributed by atoms with Gasteiger partial charge in [0.15, 0.2) is 11.0 Å². The molecule has 4 nitrogen and oxygen atoms in total. The number of benzene rings is 2. The molecule has 1 aliphatic rings. The summed E-state index contributed by atoms with van der Waals surface area (Å²) in [6.07, 6.45) is 0.875. The van der Waals surface area contributed by atoms with E-state index in [0.29, 0.717) is 28.5 Å². The Kier molecular flexibility index (Phi) is 5.28. The van der Waals surface area contributed by atoms with Gasteiger partial charge in [-0.2, -0.15) is 0 Å². The standard InChI is InChI=1S/C19H17FN2O2S/c1-13(23)14-5-9-17(10-6-14)21-19-22(11-2-12-25-19)18(24)15-3-7-16(20)8-4-15/h3-10H,2,11-12H2,1H3. The van der Waals surface area contributed by atoms with Crippen molar-refractivity contribution >= 4 is 34.3 Å². The van der Waals surface area contributed by atoms with Crippen molar-refractivity contribution in [2.45, 2.75) is 13.3 Å². The highest BCUT2D eigenvalue weighted by Gasteiger charge is 2.24. The second-order valence-corrected chi connectivity index (χ2v) is 6.73. The van der Waals surface area contributed by atoms with E-state index < -0.39 is 0 Å². The molecule has 2 aromatic rings. The highest BCUT2D eigenvalue weighted by atomic mass is 32.2. The van der Waals surface area contributed by atoms with E-state index in [0.717, 1.165) is 12.2 Å². The molecule has 2 aromatic carbocycles. The first kappa shape index (κ1) is 17.4. The summed E-state index contributed by atoms with van der Waals surface area (Å²) in [5.41, 5.74) is 1.74. The molecule has 0 bridgehead atoms. The molecule has 0 radical (unpaired) electrons. The van der Waals surface area contributed by atoms with Crippen LogP contribution in [0.2, 0.25) is 0 Å². The first-order chi connectivity index (χ1) is 12.0. The molecule has 3 rings (SSSR count). The Labute approximate surface area is 149 Å². The van der Waals surface area contributed by atoms with Crippen molar-refractivity contribution in [1.29, 1.82) is 0 Å². The van der Waals surface area contributed by atoms with E-state index in [2.05, 4.69) is 4.99 Å². The molecule has 1 saturated heterocycles. The van der Waals surface area contributed by atoms with Crippen molar-refractivity contribution in [3.05, 3.63) is 65.5 Å². The minimum Gasteiger partial charge on any atom is -0.295 e. The van der Waals surface area contributed by atoms with Crippen LogP contribution in [0.25, 0.3) is 0 Å². The highest BCUT2D eigenvalue weighted by molar-refractivity contribution is 8.13. The molecule has 1 amide bonds. The quantitative estimate of drug-likeness (QED) is 0.771. The third kappa shape index (κ3) is 4.14. The molecule has 0 N–H and O–H groups in total. The summed E-state index contributed by atoms with van der Waals surface area (Å²) < 4.78 is 13.1. The van der Waals surface area contributed by atoms with Gasteiger partial charge in [-0.3, -0.25) is 14.5 Å². The van der Waals surface area contributed by atoms with Gasteiger partial charge in [0, 0.05) is 23.4 Å². The van der Waals surface area contributed by atoms with E-state index in [9.17, 15) is 14.0 Å². The van der Waals surface area contributed by atoms with E-state index in [1.54, 1.807) is 29.2 Å². The van der Waals surface area contributed by atoms with Crippen LogP contribution in [0.1, 0.15) is 34.1 Å². The van der Waals surface area contributed by atoms with Crippen LogP contribution in [0.4, 0.5) is 10.1 Å². The van der Waals surface area contributed by atoms with Gasteiger partial charge in [0.1, 0.15) is 5.82 Å². The first-order valence-electron chi connectivity index (χ1n) is 7.94. The number of thioether (sulfide) groups is 1. The number of hydrogen-bond donors (Lipinski definition) is 0. The molecular formula is C19H17FN2O2S. The Morgan fingerprint density at radius 3 is 2.32 bits per heavy atom. The average Bonchev–Trinajstić information content (AvgIpc) is 2.63. The van der Waals surface area contributed by atoms with Gasteiger partial charge in [-0.25, -0.2) is 9.38 Å². The van der Waals surface area contributed by atoms with Crippen LogP contribution in [0.3, 0.4) is 0 Å². The number of nitrogens with zero attached hydrogens (tertiary/aromatic N) is 2. The van der Waals surface area contributed by atoms with Crippen LogP contribution < -0.4 is 0 Å². The van der Waals surface area contributed by atoms with Crippen LogP contribution in [-0.2, 0) is 0 Å². The summed E-state index contributed by atoms with van der Waals surface area (Å²) >= 11 is 1.52. The summed E-state index contributed by atoms with van der Waals surface area (Å²) in [5, 5.41) is 0.621. The summed E-state index contributed by atoms with van der Waals surface area (Å²) in [5.74, 6) is 0.326. The number of hydrogen-bond acceptors (Lipinski definition) is 4. The molecule has 0 aliphatic carbocycles. The monoisotopic (exact) mass is 356 g/mol. The van der Waals surface area contributed by atoms with E-state index in [-0.39, 0.29) is 17.5 Å². The number of amides is 1. The molecule has 1 heterocycles. The fourth-order valence-corrected chi connectivity index (χ4v) is 3.43. The van der Waals surface area contributed by atoms with Crippen LogP contribution in [-0.4, -0.2) is 34.1 Å². The zero-order chi connectivity index (χ0) is 17.8. The van der Waals surface area contributed by atoms with Crippen molar-refractivity contribution < 1.29 is 14.0 Å². The topological polar surface area (TPSA) is 49.7 Å². The smallest absolute Gasteiger partial charge is 0.259 e. The van der Waals surface area contributed by atoms with Gasteiger partial charge in [0.2, 0.25) is 0 Å². The lowest BCUT2D eigenvalue weighted by atomic mass is 10.1. The molecular weight excluding hydrogens is 339 g/mol. The second kappa shape index (κ2) is 7.61. The van der Waals surface area contributed by atoms with Gasteiger partial charge in [-0.05, 0) is 61.9 Å². The van der Waals surface area contributed by atoms with Gasteiger partial charge < -0.3 is 0 Å². The molecule has 1 aliphatic heterocycles. The van der Waals surface area contributed by atoms with Gasteiger partial charge >= 0.3 is 0 Å². The van der Waals surface area contributed by atoms with Gasteiger partial charge in [0.05, 0.1) is 5.69 Å². The van der Waals surface area contributed by atoms with Crippen molar-refractivity contribution in [1.82, 2.24) is 4.90 Å². The van der Waals surface area contributed by atoms with E-state index in [4.69, 9.17) is 0 Å². The number of amidine groups is 1. The van der Waals surface area contributed by atoms with E-state index in [1.807, 2.05) is 0 Å². The number of carbonyl (C=O) groups is 2. The average molecular weight is 356 g/mol. The Bertz CT molecular complexity index is 816. The molecule has 1 fully saturated rings. The normalized spacial score (nSPS) is 16.1. The largest absolute Gasteiger partial charge is 0.295 e. The van der Waals surface area contributed by atoms with Gasteiger partial charge in [-0.15, -0.1) is 0 Å². The number of rotatable bonds is 3. The molecule has 25 heavy (non-hydrogen) atoms. The Morgan fingerprint density at radius 2 is 1.68 bits per heavy atom. The van der Waals surface area contributed by atoms with Crippen LogP contribution in [0, 0.1) is 5.82 Å². The van der Waals surface area contributed by atoms with Gasteiger partial charge in [-0.1, -0.05) is 11.8 Å². The highest BCUT2D eigenvalue weighted by Crippen LogP contribution is 2.24. The number of halogens is 1. The lowest BCUT2D eigenvalue weighted by Crippen LogP contribution is -2.39. The third-order valence-electron chi connectivity index (χ3n) is 3.82. The zero-order valence-electron chi connectivity index (χ0n) is 13.7. The minimum absolute atomic E-state index is 0.000594. The Hall–Kier alpha value is -2.47. The van der Waals surface area contributed by atoms with Crippen LogP contribution in [0.15, 0.2) is 53.5 Å². The van der Waals surface area contributed by atoms with Crippen molar-refractivity contribution in [3.63, 3.8) is 0 Å². The van der Waals surface area contributed by atoms with Crippen LogP contribution >= 0.6 is 11.8 Å². The Morgan fingerprint density at radius 1 is 1.04 bits per heavy atom. The number of ketones is 1. The molecule has 128 valence electrons. The van der Waals surface area contributed by atoms with Crippen LogP contribution in [0.5, 0.6) is 0 Å². The lowest BCUT2D eigenvalue weighted by Gasteiger charge is -2.27.